The largest absolute Gasteiger partial charge is 0.479 e. The minimum absolute atomic E-state index is 0.216. The maximum absolute atomic E-state index is 12.5. The van der Waals surface area contributed by atoms with Gasteiger partial charge in [0, 0.05) is 13.1 Å². The Labute approximate surface area is 114 Å². The average Bonchev–Trinajstić information content (AvgIpc) is 2.80. The summed E-state index contributed by atoms with van der Waals surface area (Å²) in [4.78, 5) is 27.1. The fraction of sp³-hybridized carbons (Fsp3) is 0.714. The van der Waals surface area contributed by atoms with Crippen molar-refractivity contribution in [3.63, 3.8) is 0 Å². The van der Waals surface area contributed by atoms with Gasteiger partial charge in [0.25, 0.3) is 0 Å². The van der Waals surface area contributed by atoms with Crippen LogP contribution in [-0.2, 0) is 4.79 Å². The standard InChI is InChI=1S/C14H22N2O3/c1-4-8-14(12(17)18)9-7-11-16(14)13(19)15(6-3)10-5-2/h2H,4,6-11H2,1,3H3,(H,17,18). The van der Waals surface area contributed by atoms with E-state index in [1.807, 2.05) is 13.8 Å². The summed E-state index contributed by atoms with van der Waals surface area (Å²) in [6.07, 6.45) is 7.72. The Hall–Kier alpha value is -1.70. The van der Waals surface area contributed by atoms with Crippen molar-refractivity contribution in [1.29, 1.82) is 0 Å². The minimum Gasteiger partial charge on any atom is -0.479 e. The van der Waals surface area contributed by atoms with E-state index in [0.717, 1.165) is 12.8 Å². The monoisotopic (exact) mass is 266 g/mol. The average molecular weight is 266 g/mol. The number of urea groups is 1. The highest BCUT2D eigenvalue weighted by Crippen LogP contribution is 2.34. The summed E-state index contributed by atoms with van der Waals surface area (Å²) < 4.78 is 0. The molecular weight excluding hydrogens is 244 g/mol. The number of likely N-dealkylation sites (tertiary alicyclic amines) is 1. The summed E-state index contributed by atoms with van der Waals surface area (Å²) in [6, 6.07) is -0.256. The first-order chi connectivity index (χ1) is 9.03. The molecule has 1 unspecified atom stereocenters. The molecule has 2 amide bonds. The minimum atomic E-state index is -1.05. The molecule has 1 aliphatic rings. The molecule has 5 heteroatoms. The number of terminal acetylenes is 1. The Morgan fingerprint density at radius 2 is 2.16 bits per heavy atom. The topological polar surface area (TPSA) is 60.9 Å². The third kappa shape index (κ3) is 2.83. The van der Waals surface area contributed by atoms with E-state index < -0.39 is 11.5 Å². The molecule has 0 spiro atoms. The van der Waals surface area contributed by atoms with E-state index in [1.54, 1.807) is 0 Å². The zero-order valence-corrected chi connectivity index (χ0v) is 11.7. The first-order valence-corrected chi connectivity index (χ1v) is 6.76. The molecular formula is C14H22N2O3. The van der Waals surface area contributed by atoms with Crippen LogP contribution in [0.5, 0.6) is 0 Å². The Balaban J connectivity index is 2.99. The second-order valence-corrected chi connectivity index (χ2v) is 4.84. The number of carbonyl (C=O) groups excluding carboxylic acids is 1. The van der Waals surface area contributed by atoms with Crippen LogP contribution in [0.15, 0.2) is 0 Å². The zero-order chi connectivity index (χ0) is 14.5. The van der Waals surface area contributed by atoms with Gasteiger partial charge in [0.05, 0.1) is 6.54 Å². The summed E-state index contributed by atoms with van der Waals surface area (Å²) in [6.45, 7) is 4.97. The summed E-state index contributed by atoms with van der Waals surface area (Å²) in [5, 5.41) is 9.55. The molecule has 0 aromatic rings. The molecule has 0 aromatic heterocycles. The van der Waals surface area contributed by atoms with E-state index in [-0.39, 0.29) is 12.6 Å². The summed E-state index contributed by atoms with van der Waals surface area (Å²) in [7, 11) is 0. The Morgan fingerprint density at radius 1 is 1.47 bits per heavy atom. The van der Waals surface area contributed by atoms with E-state index in [9.17, 15) is 14.7 Å². The maximum Gasteiger partial charge on any atom is 0.329 e. The number of amides is 2. The van der Waals surface area contributed by atoms with Crippen molar-refractivity contribution < 1.29 is 14.7 Å². The van der Waals surface area contributed by atoms with Gasteiger partial charge in [-0.1, -0.05) is 19.3 Å². The van der Waals surface area contributed by atoms with Gasteiger partial charge >= 0.3 is 12.0 Å². The van der Waals surface area contributed by atoms with Gasteiger partial charge in [0.1, 0.15) is 5.54 Å². The van der Waals surface area contributed by atoms with E-state index >= 15 is 0 Å². The van der Waals surface area contributed by atoms with Crippen LogP contribution in [0, 0.1) is 12.3 Å². The smallest absolute Gasteiger partial charge is 0.329 e. The Morgan fingerprint density at radius 3 is 2.63 bits per heavy atom. The number of carboxylic acid groups (broad SMARTS) is 1. The molecule has 1 fully saturated rings. The van der Waals surface area contributed by atoms with Crippen molar-refractivity contribution in [1.82, 2.24) is 9.80 Å². The molecule has 0 bridgehead atoms. The second-order valence-electron chi connectivity index (χ2n) is 4.84. The number of hydrogen-bond acceptors (Lipinski definition) is 2. The lowest BCUT2D eigenvalue weighted by Crippen LogP contribution is -2.56. The van der Waals surface area contributed by atoms with Crippen LogP contribution in [0.1, 0.15) is 39.5 Å². The molecule has 1 rings (SSSR count). The molecule has 106 valence electrons. The highest BCUT2D eigenvalue weighted by molar-refractivity contribution is 5.87. The zero-order valence-electron chi connectivity index (χ0n) is 11.7. The van der Waals surface area contributed by atoms with Crippen LogP contribution < -0.4 is 0 Å². The van der Waals surface area contributed by atoms with Gasteiger partial charge in [-0.3, -0.25) is 0 Å². The van der Waals surface area contributed by atoms with Gasteiger partial charge in [-0.05, 0) is 26.2 Å². The number of nitrogens with zero attached hydrogens (tertiary/aromatic N) is 2. The van der Waals surface area contributed by atoms with Gasteiger partial charge in [-0.2, -0.15) is 0 Å². The van der Waals surface area contributed by atoms with Gasteiger partial charge in [0.2, 0.25) is 0 Å². The molecule has 0 saturated carbocycles. The van der Waals surface area contributed by atoms with Crippen molar-refractivity contribution in [3.05, 3.63) is 0 Å². The van der Waals surface area contributed by atoms with Crippen LogP contribution in [0.4, 0.5) is 4.79 Å². The van der Waals surface area contributed by atoms with Gasteiger partial charge in [0.15, 0.2) is 0 Å². The Bertz CT molecular complexity index is 389. The second kappa shape index (κ2) is 6.46. The van der Waals surface area contributed by atoms with E-state index in [0.29, 0.717) is 25.9 Å². The lowest BCUT2D eigenvalue weighted by Gasteiger charge is -2.37. The molecule has 1 aliphatic heterocycles. The predicted octanol–water partition coefficient (Wildman–Crippen LogP) is 1.78. The number of aliphatic carboxylic acids is 1. The lowest BCUT2D eigenvalue weighted by molar-refractivity contribution is -0.148. The molecule has 0 aromatic carbocycles. The fourth-order valence-electron chi connectivity index (χ4n) is 2.76. The van der Waals surface area contributed by atoms with Gasteiger partial charge < -0.3 is 14.9 Å². The molecule has 0 aliphatic carbocycles. The third-order valence-corrected chi connectivity index (χ3v) is 3.72. The van der Waals surface area contributed by atoms with Gasteiger partial charge in [-0.25, -0.2) is 9.59 Å². The number of carboxylic acids is 1. The molecule has 1 N–H and O–H groups in total. The quantitative estimate of drug-likeness (QED) is 0.772. The first-order valence-electron chi connectivity index (χ1n) is 6.76. The SMILES string of the molecule is C#CCN(CC)C(=O)N1CCCC1(CCC)C(=O)O. The van der Waals surface area contributed by atoms with E-state index in [1.165, 1.54) is 9.80 Å². The maximum atomic E-state index is 12.5. The molecule has 1 atom stereocenters. The van der Waals surface area contributed by atoms with Crippen molar-refractivity contribution in [2.45, 2.75) is 45.1 Å². The normalized spacial score (nSPS) is 22.1. The predicted molar refractivity (Wildman–Crippen MR) is 72.7 cm³/mol. The van der Waals surface area contributed by atoms with Crippen molar-refractivity contribution >= 4 is 12.0 Å². The van der Waals surface area contributed by atoms with E-state index in [2.05, 4.69) is 5.92 Å². The Kier molecular flexibility index (Phi) is 5.22. The first kappa shape index (κ1) is 15.4. The van der Waals surface area contributed by atoms with Crippen molar-refractivity contribution in [3.8, 4) is 12.3 Å². The number of carbonyl (C=O) groups is 2. The number of hydrogen-bond donors (Lipinski definition) is 1. The summed E-state index contributed by atoms with van der Waals surface area (Å²) in [5.74, 6) is 1.54. The van der Waals surface area contributed by atoms with Crippen molar-refractivity contribution in [2.24, 2.45) is 0 Å². The molecule has 1 saturated heterocycles. The lowest BCUT2D eigenvalue weighted by atomic mass is 9.91. The third-order valence-electron chi connectivity index (χ3n) is 3.72. The van der Waals surface area contributed by atoms with Crippen LogP contribution >= 0.6 is 0 Å². The fourth-order valence-corrected chi connectivity index (χ4v) is 2.76. The highest BCUT2D eigenvalue weighted by Gasteiger charge is 2.49. The molecule has 0 radical (unpaired) electrons. The van der Waals surface area contributed by atoms with E-state index in [4.69, 9.17) is 6.42 Å². The van der Waals surface area contributed by atoms with Crippen molar-refractivity contribution in [2.75, 3.05) is 19.6 Å². The van der Waals surface area contributed by atoms with Crippen LogP contribution in [0.2, 0.25) is 0 Å². The van der Waals surface area contributed by atoms with Gasteiger partial charge in [-0.15, -0.1) is 6.42 Å². The van der Waals surface area contributed by atoms with Crippen LogP contribution in [-0.4, -0.2) is 52.1 Å². The molecule has 5 nitrogen and oxygen atoms in total. The summed E-state index contributed by atoms with van der Waals surface area (Å²) in [5.41, 5.74) is -1.05. The highest BCUT2D eigenvalue weighted by atomic mass is 16.4. The van der Waals surface area contributed by atoms with Crippen LogP contribution in [0.25, 0.3) is 0 Å². The molecule has 19 heavy (non-hydrogen) atoms. The molecule has 1 heterocycles. The summed E-state index contributed by atoms with van der Waals surface area (Å²) >= 11 is 0. The van der Waals surface area contributed by atoms with Crippen LogP contribution in [0.3, 0.4) is 0 Å². The number of rotatable bonds is 5.